The highest BCUT2D eigenvalue weighted by atomic mass is 14.6. The van der Waals surface area contributed by atoms with E-state index in [-0.39, 0.29) is 0 Å². The van der Waals surface area contributed by atoms with Gasteiger partial charge in [-0.3, -0.25) is 0 Å². The Bertz CT molecular complexity index is 345. The number of benzene rings is 1. The summed E-state index contributed by atoms with van der Waals surface area (Å²) in [5, 5.41) is 0. The normalized spacial score (nSPS) is 10.9. The lowest BCUT2D eigenvalue weighted by molar-refractivity contribution is 0.549. The van der Waals surface area contributed by atoms with Crippen molar-refractivity contribution in [1.82, 2.24) is 0 Å². The van der Waals surface area contributed by atoms with Crippen LogP contribution >= 0.6 is 0 Å². The van der Waals surface area contributed by atoms with Gasteiger partial charge in [-0.1, -0.05) is 95.8 Å². The summed E-state index contributed by atoms with van der Waals surface area (Å²) in [7, 11) is 0. The van der Waals surface area contributed by atoms with E-state index >= 15 is 0 Å². The number of para-hydroxylation sites is 1. The second kappa shape index (κ2) is 12.7. The van der Waals surface area contributed by atoms with E-state index in [0.717, 1.165) is 12.1 Å². The topological polar surface area (TPSA) is 26.0 Å². The maximum Gasteiger partial charge on any atom is 0.0349 e. The Labute approximate surface area is 132 Å². The van der Waals surface area contributed by atoms with E-state index in [1.165, 1.54) is 76.2 Å². The molecule has 0 saturated heterocycles. The van der Waals surface area contributed by atoms with E-state index in [4.69, 9.17) is 5.73 Å². The third-order valence-corrected chi connectivity index (χ3v) is 4.17. The summed E-state index contributed by atoms with van der Waals surface area (Å²) in [4.78, 5) is 0. The van der Waals surface area contributed by atoms with Gasteiger partial charge in [-0.2, -0.15) is 0 Å². The first-order valence-corrected chi connectivity index (χ1v) is 9.02. The van der Waals surface area contributed by atoms with Gasteiger partial charge in [-0.25, -0.2) is 0 Å². The van der Waals surface area contributed by atoms with E-state index < -0.39 is 0 Å². The smallest absolute Gasteiger partial charge is 0.0349 e. The van der Waals surface area contributed by atoms with Gasteiger partial charge < -0.3 is 5.73 Å². The van der Waals surface area contributed by atoms with Crippen LogP contribution in [-0.4, -0.2) is 0 Å². The first kappa shape index (κ1) is 18.1. The van der Waals surface area contributed by atoms with Crippen molar-refractivity contribution in [2.45, 2.75) is 84.0 Å². The summed E-state index contributed by atoms with van der Waals surface area (Å²) in [6.07, 6.45) is 18.9. The van der Waals surface area contributed by atoms with Crippen LogP contribution in [0.1, 0.15) is 89.5 Å². The van der Waals surface area contributed by atoms with Crippen LogP contribution in [0.15, 0.2) is 24.3 Å². The number of rotatable bonds is 13. The number of hydrogen-bond acceptors (Lipinski definition) is 1. The molecule has 0 spiro atoms. The fourth-order valence-corrected chi connectivity index (χ4v) is 2.76. The molecule has 0 aromatic heterocycles. The van der Waals surface area contributed by atoms with Crippen LogP contribution in [0.25, 0.3) is 0 Å². The molecule has 1 aromatic rings. The zero-order chi connectivity index (χ0) is 15.2. The van der Waals surface area contributed by atoms with Crippen LogP contribution in [0.3, 0.4) is 0 Å². The molecule has 0 unspecified atom stereocenters. The van der Waals surface area contributed by atoms with Crippen molar-refractivity contribution in [3.8, 4) is 0 Å². The number of anilines is 1. The lowest BCUT2D eigenvalue weighted by Gasteiger charge is -2.05. The zero-order valence-corrected chi connectivity index (χ0v) is 13.9. The number of hydrogen-bond donors (Lipinski definition) is 1. The second-order valence-corrected chi connectivity index (χ2v) is 6.16. The van der Waals surface area contributed by atoms with Crippen molar-refractivity contribution < 1.29 is 0 Å². The summed E-state index contributed by atoms with van der Waals surface area (Å²) in [6.45, 7) is 2.28. The van der Waals surface area contributed by atoms with E-state index in [9.17, 15) is 0 Å². The standard InChI is InChI=1S/C20H34N/c1-2-3-4-5-6-7-8-9-10-11-12-13-16-19-17-14-15-18-20(19)21/h14-18H,2-13,21H2,1H3. The van der Waals surface area contributed by atoms with Crippen LogP contribution in [-0.2, 0) is 0 Å². The van der Waals surface area contributed by atoms with Crippen molar-refractivity contribution in [2.24, 2.45) is 0 Å². The molecule has 1 aromatic carbocycles. The van der Waals surface area contributed by atoms with Gasteiger partial charge in [-0.15, -0.1) is 0 Å². The number of nitrogen functional groups attached to an aromatic ring is 1. The molecular weight excluding hydrogens is 254 g/mol. The maximum absolute atomic E-state index is 5.93. The molecule has 0 aliphatic rings. The molecule has 0 heterocycles. The maximum atomic E-state index is 5.93. The Balaban J connectivity index is 1.84. The van der Waals surface area contributed by atoms with E-state index in [0.29, 0.717) is 0 Å². The predicted molar refractivity (Wildman–Crippen MR) is 95.3 cm³/mol. The minimum atomic E-state index is 0.903. The number of nitrogens with two attached hydrogens (primary N) is 1. The first-order valence-electron chi connectivity index (χ1n) is 9.02. The summed E-state index contributed by atoms with van der Waals surface area (Å²) in [5.41, 5.74) is 8.03. The van der Waals surface area contributed by atoms with Crippen LogP contribution in [0, 0.1) is 6.42 Å². The Hall–Kier alpha value is -0.980. The molecule has 21 heavy (non-hydrogen) atoms. The van der Waals surface area contributed by atoms with E-state index in [1.54, 1.807) is 0 Å². The first-order chi connectivity index (χ1) is 10.3. The molecule has 0 bridgehead atoms. The van der Waals surface area contributed by atoms with Crippen molar-refractivity contribution in [2.75, 3.05) is 5.73 Å². The van der Waals surface area contributed by atoms with Crippen molar-refractivity contribution in [3.63, 3.8) is 0 Å². The second-order valence-electron chi connectivity index (χ2n) is 6.16. The minimum absolute atomic E-state index is 0.903. The molecule has 0 atom stereocenters. The van der Waals surface area contributed by atoms with Gasteiger partial charge in [0.05, 0.1) is 0 Å². The molecule has 1 rings (SSSR count). The van der Waals surface area contributed by atoms with Gasteiger partial charge in [-0.05, 0) is 24.5 Å². The monoisotopic (exact) mass is 288 g/mol. The third kappa shape index (κ3) is 9.55. The van der Waals surface area contributed by atoms with Crippen LogP contribution in [0.5, 0.6) is 0 Å². The molecular formula is C20H34N. The zero-order valence-electron chi connectivity index (χ0n) is 13.9. The van der Waals surface area contributed by atoms with Gasteiger partial charge in [0.1, 0.15) is 0 Å². The fraction of sp³-hybridized carbons (Fsp3) is 0.650. The SMILES string of the molecule is CCCCCCCCCCCCC[CH]c1ccccc1N. The molecule has 1 heteroatoms. The van der Waals surface area contributed by atoms with Crippen LogP contribution in [0.2, 0.25) is 0 Å². The number of unbranched alkanes of at least 4 members (excludes halogenated alkanes) is 11. The fourth-order valence-electron chi connectivity index (χ4n) is 2.76. The Morgan fingerprint density at radius 1 is 0.762 bits per heavy atom. The lowest BCUT2D eigenvalue weighted by atomic mass is 10.0. The van der Waals surface area contributed by atoms with Crippen LogP contribution in [0.4, 0.5) is 5.69 Å². The summed E-state index contributed by atoms with van der Waals surface area (Å²) in [6, 6.07) is 8.14. The van der Waals surface area contributed by atoms with Crippen LogP contribution < -0.4 is 5.73 Å². The third-order valence-electron chi connectivity index (χ3n) is 4.17. The average Bonchev–Trinajstić information content (AvgIpc) is 2.50. The molecule has 0 fully saturated rings. The Morgan fingerprint density at radius 3 is 1.86 bits per heavy atom. The van der Waals surface area contributed by atoms with Crippen molar-refractivity contribution in [1.29, 1.82) is 0 Å². The lowest BCUT2D eigenvalue weighted by Crippen LogP contribution is -1.92. The van der Waals surface area contributed by atoms with Gasteiger partial charge in [0, 0.05) is 5.69 Å². The van der Waals surface area contributed by atoms with E-state index in [1.807, 2.05) is 12.1 Å². The molecule has 0 saturated carbocycles. The highest BCUT2D eigenvalue weighted by molar-refractivity contribution is 5.49. The molecule has 1 radical (unpaired) electrons. The predicted octanol–water partition coefficient (Wildman–Crippen LogP) is 6.52. The van der Waals surface area contributed by atoms with Crippen molar-refractivity contribution >= 4 is 5.69 Å². The Morgan fingerprint density at radius 2 is 1.29 bits per heavy atom. The highest BCUT2D eigenvalue weighted by Crippen LogP contribution is 2.17. The van der Waals surface area contributed by atoms with Gasteiger partial charge in [0.2, 0.25) is 0 Å². The molecule has 1 nitrogen and oxygen atoms in total. The van der Waals surface area contributed by atoms with Gasteiger partial charge >= 0.3 is 0 Å². The summed E-state index contributed by atoms with van der Waals surface area (Å²) in [5.74, 6) is 0. The Kier molecular flexibility index (Phi) is 11.0. The quantitative estimate of drug-likeness (QED) is 0.324. The molecule has 0 amide bonds. The average molecular weight is 288 g/mol. The molecule has 0 aliphatic heterocycles. The minimum Gasteiger partial charge on any atom is -0.398 e. The van der Waals surface area contributed by atoms with Crippen molar-refractivity contribution in [3.05, 3.63) is 36.2 Å². The van der Waals surface area contributed by atoms with Gasteiger partial charge in [0.15, 0.2) is 0 Å². The highest BCUT2D eigenvalue weighted by Gasteiger charge is 1.98. The van der Waals surface area contributed by atoms with E-state index in [2.05, 4.69) is 25.5 Å². The molecule has 2 N–H and O–H groups in total. The summed E-state index contributed by atoms with van der Waals surface area (Å²) < 4.78 is 0. The summed E-state index contributed by atoms with van der Waals surface area (Å²) >= 11 is 0. The molecule has 119 valence electrons. The molecule has 0 aliphatic carbocycles. The largest absolute Gasteiger partial charge is 0.398 e. The van der Waals surface area contributed by atoms with Gasteiger partial charge in [0.25, 0.3) is 0 Å².